The number of carbonyl (C=O) groups excluding carboxylic acids is 1. The van der Waals surface area contributed by atoms with Crippen molar-refractivity contribution in [2.24, 2.45) is 23.7 Å². The summed E-state index contributed by atoms with van der Waals surface area (Å²) in [4.78, 5) is 32.8. The predicted octanol–water partition coefficient (Wildman–Crippen LogP) is 3.91. The fourth-order valence-corrected chi connectivity index (χ4v) is 7.56. The van der Waals surface area contributed by atoms with Crippen LogP contribution in [0.1, 0.15) is 50.2 Å². The predicted molar refractivity (Wildman–Crippen MR) is 136 cm³/mol. The van der Waals surface area contributed by atoms with Gasteiger partial charge in [-0.15, -0.1) is 0 Å². The van der Waals surface area contributed by atoms with Crippen molar-refractivity contribution in [3.05, 3.63) is 66.0 Å². The van der Waals surface area contributed by atoms with E-state index in [0.29, 0.717) is 30.1 Å². The van der Waals surface area contributed by atoms with Crippen LogP contribution in [0.25, 0.3) is 0 Å². The molecule has 4 saturated carbocycles. The number of aromatic nitrogens is 1. The van der Waals surface area contributed by atoms with Crippen LogP contribution in [0.4, 0.5) is 4.79 Å². The number of hydrogen-bond acceptors (Lipinski definition) is 4. The molecular formula is C29H37N3O4. The van der Waals surface area contributed by atoms with Gasteiger partial charge in [-0.3, -0.25) is 14.7 Å². The Labute approximate surface area is 212 Å². The summed E-state index contributed by atoms with van der Waals surface area (Å²) in [6.07, 6.45) is 8.53. The van der Waals surface area contributed by atoms with Crippen LogP contribution < -0.4 is 5.32 Å². The summed E-state index contributed by atoms with van der Waals surface area (Å²) in [6.45, 7) is 1.53. The molecule has 4 bridgehead atoms. The number of hydrogen-bond donors (Lipinski definition) is 3. The van der Waals surface area contributed by atoms with Crippen molar-refractivity contribution in [3.8, 4) is 0 Å². The molecule has 7 heteroatoms. The number of aliphatic hydroxyl groups is 1. The average molecular weight is 492 g/mol. The maximum atomic E-state index is 14.1. The summed E-state index contributed by atoms with van der Waals surface area (Å²) in [6, 6.07) is 12.7. The van der Waals surface area contributed by atoms with Crippen molar-refractivity contribution in [2.45, 2.75) is 69.5 Å². The maximum Gasteiger partial charge on any atom is 0.408 e. The standard InChI is InChI=1S/C29H37N3O4/c1-29(16-20-8-5-9-30-17-20,27(34)31-25(18-33)15-19-6-3-2-4-7-19)32(28(35)36)26-23-11-21-10-22(13-23)14-24(26)12-21/h2-9,17,21-26,33H,10-16,18H2,1H3,(H,31,34)(H,35,36). The zero-order chi connectivity index (χ0) is 25.3. The van der Waals surface area contributed by atoms with Crippen molar-refractivity contribution < 1.29 is 19.8 Å². The minimum atomic E-state index is -1.33. The second kappa shape index (κ2) is 10.2. The fourth-order valence-electron chi connectivity index (χ4n) is 7.56. The molecule has 1 aromatic heterocycles. The maximum absolute atomic E-state index is 14.1. The minimum Gasteiger partial charge on any atom is -0.465 e. The van der Waals surface area contributed by atoms with Crippen molar-refractivity contribution >= 4 is 12.0 Å². The summed E-state index contributed by atoms with van der Waals surface area (Å²) in [7, 11) is 0. The molecule has 2 aromatic rings. The summed E-state index contributed by atoms with van der Waals surface area (Å²) in [5.41, 5.74) is 0.481. The third-order valence-corrected chi connectivity index (χ3v) is 8.85. The van der Waals surface area contributed by atoms with Crippen LogP contribution in [-0.2, 0) is 17.6 Å². The number of carbonyl (C=O) groups is 2. The lowest BCUT2D eigenvalue weighted by Gasteiger charge is -2.59. The number of carboxylic acid groups (broad SMARTS) is 1. The van der Waals surface area contributed by atoms with Crippen LogP contribution in [0.5, 0.6) is 0 Å². The lowest BCUT2D eigenvalue weighted by Crippen LogP contribution is -2.69. The van der Waals surface area contributed by atoms with Gasteiger partial charge >= 0.3 is 6.09 Å². The average Bonchev–Trinajstić information content (AvgIpc) is 2.86. The molecule has 36 heavy (non-hydrogen) atoms. The van der Waals surface area contributed by atoms with E-state index < -0.39 is 17.7 Å². The number of amides is 2. The van der Waals surface area contributed by atoms with Gasteiger partial charge in [-0.2, -0.15) is 0 Å². The fraction of sp³-hybridized carbons (Fsp3) is 0.552. The van der Waals surface area contributed by atoms with Crippen LogP contribution in [0.15, 0.2) is 54.9 Å². The summed E-state index contributed by atoms with van der Waals surface area (Å²) >= 11 is 0. The molecule has 6 rings (SSSR count). The van der Waals surface area contributed by atoms with E-state index in [1.807, 2.05) is 42.5 Å². The van der Waals surface area contributed by atoms with Gasteiger partial charge in [0.1, 0.15) is 5.54 Å². The first kappa shape index (κ1) is 24.8. The van der Waals surface area contributed by atoms with Gasteiger partial charge in [0.2, 0.25) is 5.91 Å². The van der Waals surface area contributed by atoms with Crippen molar-refractivity contribution in [1.29, 1.82) is 0 Å². The number of pyridine rings is 1. The van der Waals surface area contributed by atoms with E-state index in [0.717, 1.165) is 36.8 Å². The zero-order valence-electron chi connectivity index (χ0n) is 20.9. The molecule has 1 heterocycles. The quantitative estimate of drug-likeness (QED) is 0.494. The molecule has 2 unspecified atom stereocenters. The van der Waals surface area contributed by atoms with Gasteiger partial charge < -0.3 is 15.5 Å². The summed E-state index contributed by atoms with van der Waals surface area (Å²) < 4.78 is 0. The van der Waals surface area contributed by atoms with Crippen LogP contribution >= 0.6 is 0 Å². The Hall–Kier alpha value is -2.93. The molecule has 4 aliphatic rings. The highest BCUT2D eigenvalue weighted by atomic mass is 16.4. The Morgan fingerprint density at radius 1 is 1.03 bits per heavy atom. The molecule has 0 spiro atoms. The van der Waals surface area contributed by atoms with E-state index in [1.165, 1.54) is 11.3 Å². The number of rotatable bonds is 9. The van der Waals surface area contributed by atoms with Crippen molar-refractivity contribution in [3.63, 3.8) is 0 Å². The number of nitrogens with one attached hydrogen (secondary N) is 1. The first-order valence-corrected chi connectivity index (χ1v) is 13.2. The van der Waals surface area contributed by atoms with Gasteiger partial charge in [0.25, 0.3) is 0 Å². The topological polar surface area (TPSA) is 103 Å². The van der Waals surface area contributed by atoms with E-state index >= 15 is 0 Å². The normalized spacial score (nSPS) is 28.8. The molecule has 2 atom stereocenters. The largest absolute Gasteiger partial charge is 0.465 e. The molecule has 192 valence electrons. The van der Waals surface area contributed by atoms with Gasteiger partial charge in [-0.25, -0.2) is 4.79 Å². The van der Waals surface area contributed by atoms with Crippen LogP contribution in [-0.4, -0.2) is 56.3 Å². The molecule has 1 aromatic carbocycles. The Bertz CT molecular complexity index is 1030. The molecule has 4 fully saturated rings. The van der Waals surface area contributed by atoms with Crippen LogP contribution in [0.2, 0.25) is 0 Å². The third-order valence-electron chi connectivity index (χ3n) is 8.85. The van der Waals surface area contributed by atoms with Crippen LogP contribution in [0, 0.1) is 23.7 Å². The van der Waals surface area contributed by atoms with Crippen molar-refractivity contribution in [2.75, 3.05) is 6.61 Å². The molecule has 7 nitrogen and oxygen atoms in total. The van der Waals surface area contributed by atoms with Gasteiger partial charge in [-0.05, 0) is 86.3 Å². The second-order valence-electron chi connectivity index (χ2n) is 11.4. The highest BCUT2D eigenvalue weighted by Gasteiger charge is 2.56. The molecule has 0 aliphatic heterocycles. The number of benzene rings is 1. The van der Waals surface area contributed by atoms with E-state index in [-0.39, 0.29) is 25.0 Å². The minimum absolute atomic E-state index is 0.163. The summed E-state index contributed by atoms with van der Waals surface area (Å²) in [5, 5.41) is 23.7. The van der Waals surface area contributed by atoms with Gasteiger partial charge in [0.05, 0.1) is 12.6 Å². The zero-order valence-corrected chi connectivity index (χ0v) is 20.9. The summed E-state index contributed by atoms with van der Waals surface area (Å²) in [5.74, 6) is 1.63. The van der Waals surface area contributed by atoms with Gasteiger partial charge in [-0.1, -0.05) is 36.4 Å². The van der Waals surface area contributed by atoms with Crippen LogP contribution in [0.3, 0.4) is 0 Å². The molecule has 0 radical (unpaired) electrons. The molecule has 0 saturated heterocycles. The van der Waals surface area contributed by atoms with E-state index in [2.05, 4.69) is 10.3 Å². The van der Waals surface area contributed by atoms with E-state index in [4.69, 9.17) is 0 Å². The van der Waals surface area contributed by atoms with Gasteiger partial charge in [0, 0.05) is 24.9 Å². The first-order chi connectivity index (χ1) is 17.4. The smallest absolute Gasteiger partial charge is 0.408 e. The Morgan fingerprint density at radius 3 is 2.22 bits per heavy atom. The van der Waals surface area contributed by atoms with E-state index in [9.17, 15) is 19.8 Å². The highest BCUT2D eigenvalue weighted by molar-refractivity contribution is 5.90. The lowest BCUT2D eigenvalue weighted by molar-refractivity contribution is -0.141. The highest BCUT2D eigenvalue weighted by Crippen LogP contribution is 2.56. The Balaban J connectivity index is 1.46. The monoisotopic (exact) mass is 491 g/mol. The molecule has 3 N–H and O–H groups in total. The Morgan fingerprint density at radius 2 is 1.67 bits per heavy atom. The molecule has 2 amide bonds. The Kier molecular flexibility index (Phi) is 7.02. The lowest BCUT2D eigenvalue weighted by atomic mass is 9.53. The first-order valence-electron chi connectivity index (χ1n) is 13.2. The van der Waals surface area contributed by atoms with Gasteiger partial charge in [0.15, 0.2) is 0 Å². The molecular weight excluding hydrogens is 454 g/mol. The number of aliphatic hydroxyl groups excluding tert-OH is 1. The molecule has 4 aliphatic carbocycles. The SMILES string of the molecule is CC(Cc1cccnc1)(C(=O)NC(CO)Cc1ccccc1)N(C(=O)O)C1C2CC3CC(C2)CC1C3. The second-order valence-corrected chi connectivity index (χ2v) is 11.4. The van der Waals surface area contributed by atoms with E-state index in [1.54, 1.807) is 19.3 Å². The third kappa shape index (κ3) is 4.85. The number of nitrogens with zero attached hydrogens (tertiary/aromatic N) is 2. The van der Waals surface area contributed by atoms with Crippen molar-refractivity contribution in [1.82, 2.24) is 15.2 Å².